The van der Waals surface area contributed by atoms with Gasteiger partial charge in [0.25, 0.3) is 0 Å². The molecule has 1 aliphatic rings. The number of hydrogen-bond acceptors (Lipinski definition) is 5. The largest absolute Gasteiger partial charge is 0.395 e. The van der Waals surface area contributed by atoms with Gasteiger partial charge in [0.15, 0.2) is 0 Å². The Morgan fingerprint density at radius 2 is 2.53 bits per heavy atom. The fourth-order valence-corrected chi connectivity index (χ4v) is 3.20. The monoisotopic (exact) mass is 284 g/mol. The molecular formula is C13H20N2O3S. The molecule has 0 bridgehead atoms. The Morgan fingerprint density at radius 3 is 3.16 bits per heavy atom. The molecule has 1 aliphatic heterocycles. The van der Waals surface area contributed by atoms with Crippen LogP contribution in [0.1, 0.15) is 11.3 Å². The maximum Gasteiger partial charge on any atom is 0.246 e. The second kappa shape index (κ2) is 7.00. The molecule has 2 rings (SSSR count). The van der Waals surface area contributed by atoms with Gasteiger partial charge in [0.2, 0.25) is 5.91 Å². The molecule has 1 fully saturated rings. The highest BCUT2D eigenvalue weighted by Gasteiger charge is 2.32. The number of methoxy groups -OCH3 is 1. The van der Waals surface area contributed by atoms with Crippen molar-refractivity contribution in [3.05, 3.63) is 22.4 Å². The van der Waals surface area contributed by atoms with Gasteiger partial charge >= 0.3 is 0 Å². The highest BCUT2D eigenvalue weighted by atomic mass is 32.1. The summed E-state index contributed by atoms with van der Waals surface area (Å²) in [6.07, 6.45) is 0.789. The third-order valence-electron chi connectivity index (χ3n) is 3.32. The molecule has 2 atom stereocenters. The molecule has 0 radical (unpaired) electrons. The fraction of sp³-hybridized carbons (Fsp3) is 0.615. The summed E-state index contributed by atoms with van der Waals surface area (Å²) in [6, 6.07) is 4.34. The number of ether oxygens (including phenoxy) is 1. The van der Waals surface area contributed by atoms with E-state index in [1.54, 1.807) is 11.3 Å². The molecule has 1 saturated heterocycles. The summed E-state index contributed by atoms with van der Waals surface area (Å²) in [5.74, 6) is -0.0952. The van der Waals surface area contributed by atoms with Crippen molar-refractivity contribution < 1.29 is 14.6 Å². The molecule has 0 saturated carbocycles. The van der Waals surface area contributed by atoms with E-state index in [0.29, 0.717) is 0 Å². The van der Waals surface area contributed by atoms with Gasteiger partial charge in [-0.3, -0.25) is 9.69 Å². The molecule has 2 N–H and O–H groups in total. The zero-order valence-corrected chi connectivity index (χ0v) is 11.9. The quantitative estimate of drug-likeness (QED) is 0.796. The van der Waals surface area contributed by atoms with E-state index in [4.69, 9.17) is 4.74 Å². The number of aliphatic hydroxyl groups excluding tert-OH is 1. The minimum atomic E-state index is -0.0952. The van der Waals surface area contributed by atoms with E-state index in [1.165, 1.54) is 12.0 Å². The van der Waals surface area contributed by atoms with Crippen molar-refractivity contribution in [3.63, 3.8) is 0 Å². The van der Waals surface area contributed by atoms with Crippen molar-refractivity contribution >= 4 is 17.2 Å². The summed E-state index contributed by atoms with van der Waals surface area (Å²) in [4.78, 5) is 15.0. The number of aliphatic hydroxyl groups is 1. The molecular weight excluding hydrogens is 264 g/mol. The van der Waals surface area contributed by atoms with E-state index < -0.39 is 0 Å². The van der Waals surface area contributed by atoms with E-state index in [-0.39, 0.29) is 31.2 Å². The third-order valence-corrected chi connectivity index (χ3v) is 4.18. The van der Waals surface area contributed by atoms with E-state index >= 15 is 0 Å². The van der Waals surface area contributed by atoms with E-state index in [2.05, 4.69) is 21.7 Å². The van der Waals surface area contributed by atoms with Crippen LogP contribution in [0.3, 0.4) is 0 Å². The van der Waals surface area contributed by atoms with Gasteiger partial charge in [0.05, 0.1) is 6.61 Å². The van der Waals surface area contributed by atoms with Crippen molar-refractivity contribution in [3.8, 4) is 0 Å². The molecule has 5 nitrogen and oxygen atoms in total. The first kappa shape index (κ1) is 14.5. The number of carbonyl (C=O) groups excluding carboxylic acids is 1. The molecule has 0 aromatic carbocycles. The topological polar surface area (TPSA) is 61.8 Å². The van der Waals surface area contributed by atoms with Crippen molar-refractivity contribution in [1.29, 1.82) is 0 Å². The number of hydrogen-bond donors (Lipinski definition) is 2. The number of rotatable bonds is 6. The van der Waals surface area contributed by atoms with Crippen LogP contribution in [0.2, 0.25) is 0 Å². The lowest BCUT2D eigenvalue weighted by atomic mass is 10.2. The number of carbonyl (C=O) groups is 1. The lowest BCUT2D eigenvalue weighted by Gasteiger charge is -2.21. The van der Waals surface area contributed by atoms with Crippen molar-refractivity contribution in [2.24, 2.45) is 0 Å². The summed E-state index contributed by atoms with van der Waals surface area (Å²) >= 11 is 1.71. The van der Waals surface area contributed by atoms with Gasteiger partial charge in [-0.15, -0.1) is 11.3 Å². The van der Waals surface area contributed by atoms with E-state index in [0.717, 1.165) is 19.5 Å². The average Bonchev–Trinajstić information content (AvgIpc) is 3.00. The first-order valence-corrected chi connectivity index (χ1v) is 7.26. The molecule has 1 aromatic heterocycles. The minimum absolute atomic E-state index is 0.0885. The van der Waals surface area contributed by atoms with Gasteiger partial charge in [0.1, 0.15) is 6.61 Å². The molecule has 0 spiro atoms. The molecule has 1 amide bonds. The standard InChI is InChI=1S/C13H20N2O3S/c1-18-9-13(17)14-10-5-11(8-16)15(6-10)7-12-3-2-4-19-12/h2-4,10-11,16H,5-9H2,1H3,(H,14,17)/t10-,11-/m0/s1. The lowest BCUT2D eigenvalue weighted by Crippen LogP contribution is -2.38. The van der Waals surface area contributed by atoms with Crippen LogP contribution in [0.5, 0.6) is 0 Å². The number of nitrogens with zero attached hydrogens (tertiary/aromatic N) is 1. The average molecular weight is 284 g/mol. The number of amides is 1. The van der Waals surface area contributed by atoms with E-state index in [1.807, 2.05) is 6.07 Å². The highest BCUT2D eigenvalue weighted by molar-refractivity contribution is 7.09. The first-order valence-electron chi connectivity index (χ1n) is 6.38. The van der Waals surface area contributed by atoms with Crippen LogP contribution >= 0.6 is 11.3 Å². The Labute approximate surface area is 117 Å². The number of thiophene rings is 1. The maximum atomic E-state index is 11.5. The Kier molecular flexibility index (Phi) is 5.33. The van der Waals surface area contributed by atoms with Crippen LogP contribution in [-0.4, -0.2) is 54.9 Å². The highest BCUT2D eigenvalue weighted by Crippen LogP contribution is 2.22. The summed E-state index contributed by atoms with van der Waals surface area (Å²) in [5.41, 5.74) is 0. The third kappa shape index (κ3) is 4.01. The fourth-order valence-electron chi connectivity index (χ4n) is 2.48. The van der Waals surface area contributed by atoms with Gasteiger partial charge in [-0.25, -0.2) is 0 Å². The van der Waals surface area contributed by atoms with Crippen LogP contribution in [0.15, 0.2) is 17.5 Å². The minimum Gasteiger partial charge on any atom is -0.395 e. The predicted octanol–water partition coefficient (Wildman–Crippen LogP) is 0.446. The van der Waals surface area contributed by atoms with Crippen LogP contribution in [-0.2, 0) is 16.1 Å². The van der Waals surface area contributed by atoms with Crippen LogP contribution in [0.4, 0.5) is 0 Å². The summed E-state index contributed by atoms with van der Waals surface area (Å²) in [7, 11) is 1.51. The Hall–Kier alpha value is -0.950. The van der Waals surface area contributed by atoms with Crippen LogP contribution in [0, 0.1) is 0 Å². The zero-order chi connectivity index (χ0) is 13.7. The molecule has 1 aromatic rings. The van der Waals surface area contributed by atoms with Gasteiger partial charge in [-0.05, 0) is 17.9 Å². The van der Waals surface area contributed by atoms with Gasteiger partial charge in [-0.2, -0.15) is 0 Å². The maximum absolute atomic E-state index is 11.5. The predicted molar refractivity (Wildman–Crippen MR) is 74.0 cm³/mol. The molecule has 0 unspecified atom stereocenters. The van der Waals surface area contributed by atoms with E-state index in [9.17, 15) is 9.90 Å². The van der Waals surface area contributed by atoms with Gasteiger partial charge < -0.3 is 15.2 Å². The summed E-state index contributed by atoms with van der Waals surface area (Å²) in [5, 5.41) is 14.4. The Bertz CT molecular complexity index is 397. The molecule has 106 valence electrons. The lowest BCUT2D eigenvalue weighted by molar-refractivity contribution is -0.125. The molecule has 19 heavy (non-hydrogen) atoms. The molecule has 6 heteroatoms. The van der Waals surface area contributed by atoms with Crippen LogP contribution < -0.4 is 5.32 Å². The molecule has 2 heterocycles. The number of likely N-dealkylation sites (tertiary alicyclic amines) is 1. The Morgan fingerprint density at radius 1 is 1.68 bits per heavy atom. The van der Waals surface area contributed by atoms with Gasteiger partial charge in [-0.1, -0.05) is 6.07 Å². The van der Waals surface area contributed by atoms with Crippen molar-refractivity contribution in [1.82, 2.24) is 10.2 Å². The summed E-state index contributed by atoms with van der Waals surface area (Å²) < 4.78 is 4.81. The SMILES string of the molecule is COCC(=O)N[C@H]1C[C@@H](CO)N(Cc2cccs2)C1. The number of nitrogens with one attached hydrogen (secondary N) is 1. The zero-order valence-electron chi connectivity index (χ0n) is 11.0. The van der Waals surface area contributed by atoms with Crippen molar-refractivity contribution in [2.75, 3.05) is 26.9 Å². The van der Waals surface area contributed by atoms with Gasteiger partial charge in [0, 0.05) is 37.2 Å². The molecule has 0 aliphatic carbocycles. The van der Waals surface area contributed by atoms with Crippen molar-refractivity contribution in [2.45, 2.75) is 25.0 Å². The first-order chi connectivity index (χ1) is 9.22. The summed E-state index contributed by atoms with van der Waals surface area (Å²) in [6.45, 7) is 1.82. The normalized spacial score (nSPS) is 23.7. The smallest absolute Gasteiger partial charge is 0.246 e. The second-order valence-electron chi connectivity index (χ2n) is 4.78. The second-order valence-corrected chi connectivity index (χ2v) is 5.81. The van der Waals surface area contributed by atoms with Crippen LogP contribution in [0.25, 0.3) is 0 Å². The Balaban J connectivity index is 1.88.